The maximum atomic E-state index is 5.41. The molecule has 0 amide bonds. The summed E-state index contributed by atoms with van der Waals surface area (Å²) in [6.45, 7) is 4.62. The Bertz CT molecular complexity index is 124. The molecule has 1 atom stereocenters. The van der Waals surface area contributed by atoms with Crippen LogP contribution in [0.2, 0.25) is 0 Å². The molecular weight excluding hydrogens is 256 g/mol. The van der Waals surface area contributed by atoms with Crippen LogP contribution in [0.15, 0.2) is 0 Å². The number of hydrogen-bond donors (Lipinski definition) is 4. The minimum atomic E-state index is 0.417. The van der Waals surface area contributed by atoms with Crippen molar-refractivity contribution in [2.75, 3.05) is 32.7 Å². The fourth-order valence-corrected chi connectivity index (χ4v) is 1.77. The van der Waals surface area contributed by atoms with E-state index in [1.54, 1.807) is 0 Å². The van der Waals surface area contributed by atoms with Crippen molar-refractivity contribution < 1.29 is 0 Å². The van der Waals surface area contributed by atoms with Gasteiger partial charge >= 0.3 is 0 Å². The lowest BCUT2D eigenvalue weighted by Crippen LogP contribution is -2.27. The van der Waals surface area contributed by atoms with E-state index >= 15 is 0 Å². The smallest absolute Gasteiger partial charge is 0.0631 e. The van der Waals surface area contributed by atoms with Crippen LogP contribution in [0, 0.1) is 0 Å². The highest BCUT2D eigenvalue weighted by Crippen LogP contribution is 2.03. The second-order valence-corrected chi connectivity index (χ2v) is 4.70. The van der Waals surface area contributed by atoms with Gasteiger partial charge in [0.15, 0.2) is 0 Å². The largest absolute Gasteiger partial charge is 0.330 e. The third-order valence-corrected chi connectivity index (χ3v) is 2.90. The van der Waals surface area contributed by atoms with Crippen molar-refractivity contribution in [1.82, 2.24) is 10.6 Å². The number of halogens is 1. The van der Waals surface area contributed by atoms with Crippen molar-refractivity contribution in [3.8, 4) is 0 Å². The van der Waals surface area contributed by atoms with Gasteiger partial charge in [0.1, 0.15) is 0 Å². The summed E-state index contributed by atoms with van der Waals surface area (Å²) < 4.78 is 0. The van der Waals surface area contributed by atoms with E-state index in [0.717, 1.165) is 52.0 Å². The fraction of sp³-hybridized carbons (Fsp3) is 1.00. The van der Waals surface area contributed by atoms with Gasteiger partial charge < -0.3 is 22.1 Å². The SMILES string of the molecule is NCCCNCCCC(Br)NCCCN. The molecule has 15 heavy (non-hydrogen) atoms. The number of alkyl halides is 1. The van der Waals surface area contributed by atoms with Crippen molar-refractivity contribution in [1.29, 1.82) is 0 Å². The molecule has 0 aromatic carbocycles. The van der Waals surface area contributed by atoms with E-state index < -0.39 is 0 Å². The predicted molar refractivity (Wildman–Crippen MR) is 70.2 cm³/mol. The van der Waals surface area contributed by atoms with E-state index in [9.17, 15) is 0 Å². The second-order valence-electron chi connectivity index (χ2n) is 3.60. The summed E-state index contributed by atoms with van der Waals surface area (Å²) in [5.74, 6) is 0. The van der Waals surface area contributed by atoms with Gasteiger partial charge in [-0.2, -0.15) is 0 Å². The van der Waals surface area contributed by atoms with Gasteiger partial charge in [0.25, 0.3) is 0 Å². The average Bonchev–Trinajstić information content (AvgIpc) is 2.23. The molecule has 5 heteroatoms. The molecule has 0 aliphatic heterocycles. The van der Waals surface area contributed by atoms with Crippen LogP contribution in [0.3, 0.4) is 0 Å². The molecule has 1 unspecified atom stereocenters. The molecule has 0 aromatic heterocycles. The topological polar surface area (TPSA) is 76.1 Å². The first-order valence-corrected chi connectivity index (χ1v) is 6.71. The first kappa shape index (κ1) is 15.3. The molecule has 0 fully saturated rings. The summed E-state index contributed by atoms with van der Waals surface area (Å²) in [6, 6.07) is 0. The Morgan fingerprint density at radius 3 is 2.20 bits per heavy atom. The van der Waals surface area contributed by atoms with E-state index in [-0.39, 0.29) is 0 Å². The first-order chi connectivity index (χ1) is 7.31. The van der Waals surface area contributed by atoms with Gasteiger partial charge in [0.05, 0.1) is 4.95 Å². The molecule has 0 aromatic rings. The van der Waals surface area contributed by atoms with Crippen LogP contribution in [0.4, 0.5) is 0 Å². The Hall–Kier alpha value is 0.320. The lowest BCUT2D eigenvalue weighted by atomic mass is 10.3. The molecule has 0 rings (SSSR count). The summed E-state index contributed by atoms with van der Waals surface area (Å²) in [5, 5.41) is 6.73. The Labute approximate surface area is 102 Å². The zero-order chi connectivity index (χ0) is 11.4. The lowest BCUT2D eigenvalue weighted by molar-refractivity contribution is 0.553. The maximum absolute atomic E-state index is 5.41. The molecule has 0 spiro atoms. The molecule has 0 radical (unpaired) electrons. The van der Waals surface area contributed by atoms with Gasteiger partial charge in [-0.25, -0.2) is 0 Å². The van der Waals surface area contributed by atoms with E-state index in [4.69, 9.17) is 11.5 Å². The Kier molecular flexibility index (Phi) is 12.7. The van der Waals surface area contributed by atoms with E-state index in [2.05, 4.69) is 26.6 Å². The Morgan fingerprint density at radius 1 is 0.933 bits per heavy atom. The van der Waals surface area contributed by atoms with Crippen LogP contribution < -0.4 is 22.1 Å². The van der Waals surface area contributed by atoms with Crippen molar-refractivity contribution in [2.24, 2.45) is 11.5 Å². The molecule has 0 heterocycles. The molecule has 4 nitrogen and oxygen atoms in total. The minimum Gasteiger partial charge on any atom is -0.330 e. The normalized spacial score (nSPS) is 13.0. The molecule has 0 aliphatic carbocycles. The molecule has 6 N–H and O–H groups in total. The predicted octanol–water partition coefficient (Wildman–Crippen LogP) is 0.364. The highest BCUT2D eigenvalue weighted by molar-refractivity contribution is 9.09. The van der Waals surface area contributed by atoms with Gasteiger partial charge in [-0.05, 0) is 58.4 Å². The zero-order valence-corrected chi connectivity index (χ0v) is 11.1. The molecule has 0 bridgehead atoms. The summed E-state index contributed by atoms with van der Waals surface area (Å²) in [5.41, 5.74) is 10.8. The summed E-state index contributed by atoms with van der Waals surface area (Å²) >= 11 is 3.59. The first-order valence-electron chi connectivity index (χ1n) is 5.79. The van der Waals surface area contributed by atoms with Crippen LogP contribution in [0.1, 0.15) is 25.7 Å². The van der Waals surface area contributed by atoms with Crippen LogP contribution in [-0.2, 0) is 0 Å². The quantitative estimate of drug-likeness (QED) is 0.251. The minimum absolute atomic E-state index is 0.417. The highest BCUT2D eigenvalue weighted by Gasteiger charge is 2.01. The van der Waals surface area contributed by atoms with Crippen molar-refractivity contribution in [3.63, 3.8) is 0 Å². The fourth-order valence-electron chi connectivity index (χ4n) is 1.22. The van der Waals surface area contributed by atoms with Crippen molar-refractivity contribution in [2.45, 2.75) is 30.6 Å². The van der Waals surface area contributed by atoms with Crippen molar-refractivity contribution in [3.05, 3.63) is 0 Å². The lowest BCUT2D eigenvalue weighted by Gasteiger charge is -2.11. The molecule has 0 saturated heterocycles. The monoisotopic (exact) mass is 280 g/mol. The number of nitrogens with one attached hydrogen (secondary N) is 2. The van der Waals surface area contributed by atoms with Gasteiger partial charge in [-0.3, -0.25) is 0 Å². The standard InChI is InChI=1S/C10H25BrN4/c11-10(15-9-3-6-13)4-1-7-14-8-2-5-12/h10,14-15H,1-9,12-13H2. The van der Waals surface area contributed by atoms with Crippen LogP contribution in [0.25, 0.3) is 0 Å². The van der Waals surface area contributed by atoms with Gasteiger partial charge in [0.2, 0.25) is 0 Å². The Balaban J connectivity index is 3.06. The van der Waals surface area contributed by atoms with E-state index in [1.807, 2.05) is 0 Å². The van der Waals surface area contributed by atoms with Crippen LogP contribution in [0.5, 0.6) is 0 Å². The number of nitrogens with two attached hydrogens (primary N) is 2. The van der Waals surface area contributed by atoms with Crippen LogP contribution >= 0.6 is 15.9 Å². The number of hydrogen-bond acceptors (Lipinski definition) is 4. The third-order valence-electron chi connectivity index (χ3n) is 2.12. The van der Waals surface area contributed by atoms with Crippen molar-refractivity contribution >= 4 is 15.9 Å². The average molecular weight is 281 g/mol. The summed E-state index contributed by atoms with van der Waals surface area (Å²) in [7, 11) is 0. The highest BCUT2D eigenvalue weighted by atomic mass is 79.9. The molecule has 0 aliphatic rings. The second kappa shape index (κ2) is 12.4. The van der Waals surface area contributed by atoms with Gasteiger partial charge in [-0.1, -0.05) is 15.9 Å². The summed E-state index contributed by atoms with van der Waals surface area (Å²) in [6.07, 6.45) is 4.42. The number of rotatable bonds is 11. The van der Waals surface area contributed by atoms with E-state index in [0.29, 0.717) is 4.95 Å². The van der Waals surface area contributed by atoms with Gasteiger partial charge in [0, 0.05) is 0 Å². The molecular formula is C10H25BrN4. The van der Waals surface area contributed by atoms with Gasteiger partial charge in [-0.15, -0.1) is 0 Å². The summed E-state index contributed by atoms with van der Waals surface area (Å²) in [4.78, 5) is 0.417. The third kappa shape index (κ3) is 12.3. The Morgan fingerprint density at radius 2 is 1.53 bits per heavy atom. The zero-order valence-electron chi connectivity index (χ0n) is 9.47. The van der Waals surface area contributed by atoms with Crippen LogP contribution in [-0.4, -0.2) is 37.7 Å². The molecule has 0 saturated carbocycles. The maximum Gasteiger partial charge on any atom is 0.0631 e. The van der Waals surface area contributed by atoms with E-state index in [1.165, 1.54) is 6.42 Å². The molecule has 92 valence electrons.